The Bertz CT molecular complexity index is 3300. The van der Waals surface area contributed by atoms with E-state index in [4.69, 9.17) is 9.97 Å². The molecule has 0 radical (unpaired) electrons. The van der Waals surface area contributed by atoms with E-state index < -0.39 is 14.3 Å². The second kappa shape index (κ2) is 11.1. The molecule has 7 aromatic carbocycles. The Hall–Kier alpha value is -6.38. The molecule has 3 aromatic heterocycles. The molecule has 0 aliphatic carbocycles. The topological polar surface area (TPSA) is 64.3 Å². The number of benzene rings is 7. The third kappa shape index (κ3) is 3.99. The molecule has 0 saturated carbocycles. The second-order valence-electron chi connectivity index (χ2n) is 14.4. The lowest BCUT2D eigenvalue weighted by molar-refractivity contribution is 0.592. The highest BCUT2D eigenvalue weighted by Gasteiger charge is 2.42. The van der Waals surface area contributed by atoms with Crippen molar-refractivity contribution in [1.82, 2.24) is 14.4 Å². The van der Waals surface area contributed by atoms with Crippen LogP contribution in [0.4, 0.5) is 0 Å². The van der Waals surface area contributed by atoms with E-state index in [-0.39, 0.29) is 0 Å². The Morgan fingerprint density at radius 3 is 1.60 bits per heavy atom. The maximum atomic E-state index is 15.9. The van der Waals surface area contributed by atoms with Gasteiger partial charge < -0.3 is 9.13 Å². The van der Waals surface area contributed by atoms with Gasteiger partial charge in [-0.3, -0.25) is 9.38 Å². The fraction of sp³-hybridized carbons (Fsp3) is 0. The summed E-state index contributed by atoms with van der Waals surface area (Å²) in [5.74, 6) is 0. The molecule has 5 heterocycles. The lowest BCUT2D eigenvalue weighted by Crippen LogP contribution is -2.22. The molecule has 0 spiro atoms. The van der Waals surface area contributed by atoms with Crippen LogP contribution in [0, 0.1) is 0 Å². The van der Waals surface area contributed by atoms with Crippen LogP contribution in [0.2, 0.25) is 0 Å². The number of rotatable bonds is 3. The predicted molar refractivity (Wildman–Crippen MR) is 228 cm³/mol. The lowest BCUT2D eigenvalue weighted by atomic mass is 10.0. The van der Waals surface area contributed by atoms with Gasteiger partial charge in [0.1, 0.15) is 5.65 Å². The van der Waals surface area contributed by atoms with Crippen LogP contribution in [-0.4, -0.2) is 14.4 Å². The van der Waals surface area contributed by atoms with Crippen molar-refractivity contribution < 1.29 is 9.13 Å². The van der Waals surface area contributed by atoms with Gasteiger partial charge in [0.05, 0.1) is 22.2 Å². The van der Waals surface area contributed by atoms with Crippen LogP contribution in [0.1, 0.15) is 0 Å². The van der Waals surface area contributed by atoms with Gasteiger partial charge in [0.25, 0.3) is 0 Å². The van der Waals surface area contributed by atoms with Crippen molar-refractivity contribution >= 4 is 84.5 Å². The Morgan fingerprint density at radius 1 is 0.455 bits per heavy atom. The average molecular weight is 742 g/mol. The summed E-state index contributed by atoms with van der Waals surface area (Å²) in [6, 6.07) is 57.1. The molecule has 258 valence electrons. The van der Waals surface area contributed by atoms with Gasteiger partial charge in [0, 0.05) is 54.4 Å². The summed E-state index contributed by atoms with van der Waals surface area (Å²) in [6.45, 7) is 0. The van der Waals surface area contributed by atoms with Gasteiger partial charge in [0.15, 0.2) is 14.3 Å². The van der Waals surface area contributed by atoms with Crippen molar-refractivity contribution in [2.24, 2.45) is 0 Å². The highest BCUT2D eigenvalue weighted by atomic mass is 31.2. The minimum absolute atomic E-state index is 0.726. The van der Waals surface area contributed by atoms with E-state index in [9.17, 15) is 0 Å². The van der Waals surface area contributed by atoms with Crippen molar-refractivity contribution in [3.05, 3.63) is 176 Å². The quantitative estimate of drug-likeness (QED) is 0.134. The number of para-hydroxylation sites is 1. The molecule has 5 nitrogen and oxygen atoms in total. The molecule has 12 rings (SSSR count). The van der Waals surface area contributed by atoms with Crippen LogP contribution in [0.5, 0.6) is 0 Å². The monoisotopic (exact) mass is 741 g/mol. The molecule has 0 bridgehead atoms. The van der Waals surface area contributed by atoms with E-state index in [1.54, 1.807) is 6.20 Å². The molecule has 0 unspecified atom stereocenters. The van der Waals surface area contributed by atoms with Crippen LogP contribution in [-0.2, 0) is 9.13 Å². The first-order valence-corrected chi connectivity index (χ1v) is 21.8. The van der Waals surface area contributed by atoms with E-state index >= 15 is 9.13 Å². The Kier molecular flexibility index (Phi) is 6.25. The van der Waals surface area contributed by atoms with E-state index in [0.717, 1.165) is 104 Å². The molecule has 0 saturated heterocycles. The summed E-state index contributed by atoms with van der Waals surface area (Å²) in [6.07, 6.45) is 1.80. The number of pyridine rings is 2. The van der Waals surface area contributed by atoms with Crippen LogP contribution < -0.4 is 31.8 Å². The first-order chi connectivity index (χ1) is 27.0. The minimum Gasteiger partial charge on any atom is -0.309 e. The third-order valence-electron chi connectivity index (χ3n) is 11.7. The number of fused-ring (bicyclic) bond motifs is 14. The summed E-state index contributed by atoms with van der Waals surface area (Å²) >= 11 is 0. The van der Waals surface area contributed by atoms with E-state index in [2.05, 4.69) is 65.1 Å². The Balaban J connectivity index is 1.07. The van der Waals surface area contributed by atoms with E-state index in [1.807, 2.05) is 109 Å². The molecule has 0 amide bonds. The van der Waals surface area contributed by atoms with Crippen molar-refractivity contribution in [3.63, 3.8) is 0 Å². The van der Waals surface area contributed by atoms with Gasteiger partial charge in [-0.1, -0.05) is 133 Å². The summed E-state index contributed by atoms with van der Waals surface area (Å²) in [5.41, 5.74) is 9.31. The van der Waals surface area contributed by atoms with Crippen LogP contribution >= 0.6 is 14.3 Å². The molecule has 2 aliphatic heterocycles. The lowest BCUT2D eigenvalue weighted by Gasteiger charge is -2.18. The number of hydrogen-bond acceptors (Lipinski definition) is 4. The van der Waals surface area contributed by atoms with Gasteiger partial charge in [-0.2, -0.15) is 0 Å². The van der Waals surface area contributed by atoms with Gasteiger partial charge in [-0.15, -0.1) is 0 Å². The van der Waals surface area contributed by atoms with Crippen LogP contribution in [0.15, 0.2) is 176 Å². The molecule has 10 aromatic rings. The summed E-state index contributed by atoms with van der Waals surface area (Å²) in [4.78, 5) is 10.2. The fourth-order valence-corrected chi connectivity index (χ4v) is 15.5. The molecule has 0 N–H and O–H groups in total. The summed E-state index contributed by atoms with van der Waals surface area (Å²) in [5, 5.41) is 8.11. The molecule has 7 heteroatoms. The van der Waals surface area contributed by atoms with Gasteiger partial charge >= 0.3 is 0 Å². The fourth-order valence-electron chi connectivity index (χ4n) is 9.24. The smallest absolute Gasteiger partial charge is 0.174 e. The maximum Gasteiger partial charge on any atom is 0.174 e. The average Bonchev–Trinajstić information content (AvgIpc) is 3.87. The predicted octanol–water partition coefficient (Wildman–Crippen LogP) is 9.10. The molecule has 2 aliphatic rings. The SMILES string of the molecule is O=P1(c2ccc(-c3ccc4c(c3)c3ccccc3c3nc5cccc(P6(=O)c7ccccc7-c7ccccc76)c5n43)nc2)c2ccccc2-c2ccccc21. The number of nitrogens with zero attached hydrogens (tertiary/aromatic N) is 3. The van der Waals surface area contributed by atoms with Crippen molar-refractivity contribution in [2.45, 2.75) is 0 Å². The second-order valence-corrected chi connectivity index (χ2v) is 19.7. The van der Waals surface area contributed by atoms with Crippen LogP contribution in [0.3, 0.4) is 0 Å². The maximum absolute atomic E-state index is 15.9. The molecule has 0 fully saturated rings. The van der Waals surface area contributed by atoms with Crippen molar-refractivity contribution in [1.29, 1.82) is 0 Å². The van der Waals surface area contributed by atoms with Crippen molar-refractivity contribution in [3.8, 4) is 33.5 Å². The third-order valence-corrected chi connectivity index (χ3v) is 18.0. The van der Waals surface area contributed by atoms with E-state index in [0.29, 0.717) is 0 Å². The molecule has 55 heavy (non-hydrogen) atoms. The molecular formula is C48H29N3O2P2. The normalized spacial score (nSPS) is 14.6. The summed E-state index contributed by atoms with van der Waals surface area (Å²) in [7, 11) is -6.35. The largest absolute Gasteiger partial charge is 0.309 e. The molecular weight excluding hydrogens is 712 g/mol. The van der Waals surface area contributed by atoms with E-state index in [1.165, 1.54) is 0 Å². The standard InChI is InChI=1S/C48H29N3O2P2/c52-54(42-19-7-3-13-33(42)34-14-4-8-20-43(34)54)31-25-26-39(49-29-31)30-24-27-41-38(28-30)32-12-1-2-17-37(32)48-50-40-18-11-23-46(47(40)51(41)48)55(53)44-21-9-5-15-35(44)36-16-6-10-22-45(36)55/h1-29H. The zero-order valence-corrected chi connectivity index (χ0v) is 31.1. The van der Waals surface area contributed by atoms with Crippen molar-refractivity contribution in [2.75, 3.05) is 0 Å². The highest BCUT2D eigenvalue weighted by Crippen LogP contribution is 2.54. The number of aromatic nitrogens is 3. The zero-order chi connectivity index (χ0) is 36.5. The zero-order valence-electron chi connectivity index (χ0n) is 29.3. The van der Waals surface area contributed by atoms with Crippen LogP contribution in [0.25, 0.3) is 71.9 Å². The van der Waals surface area contributed by atoms with Gasteiger partial charge in [-0.05, 0) is 64.0 Å². The highest BCUT2D eigenvalue weighted by molar-refractivity contribution is 7.87. The number of imidazole rings is 1. The van der Waals surface area contributed by atoms with Gasteiger partial charge in [-0.25, -0.2) is 4.98 Å². The Morgan fingerprint density at radius 2 is 1.00 bits per heavy atom. The number of hydrogen-bond donors (Lipinski definition) is 0. The Labute approximate surface area is 316 Å². The first kappa shape index (κ1) is 31.0. The summed E-state index contributed by atoms with van der Waals surface area (Å²) < 4.78 is 33.1. The van der Waals surface area contributed by atoms with Gasteiger partial charge in [0.2, 0.25) is 0 Å². The molecule has 0 atom stereocenters. The minimum atomic E-state index is -3.27. The first-order valence-electron chi connectivity index (χ1n) is 18.4.